The zero-order chi connectivity index (χ0) is 10.2. The molecular weight excluding hydrogens is 180 g/mol. The fourth-order valence-electron chi connectivity index (χ4n) is 1.18. The number of hydrogen-bond acceptors (Lipinski definition) is 3. The van der Waals surface area contributed by atoms with E-state index < -0.39 is 0 Å². The second kappa shape index (κ2) is 6.61. The molecule has 0 radical (unpaired) electrons. The molecule has 1 atom stereocenters. The summed E-state index contributed by atoms with van der Waals surface area (Å²) in [6, 6.07) is 0. The van der Waals surface area contributed by atoms with E-state index in [9.17, 15) is 0 Å². The molecule has 0 aromatic heterocycles. The first-order chi connectivity index (χ1) is 6.83. The van der Waals surface area contributed by atoms with Gasteiger partial charge < -0.3 is 14.6 Å². The Hall–Kier alpha value is -0.820. The van der Waals surface area contributed by atoms with E-state index in [2.05, 4.69) is 18.4 Å². The summed E-state index contributed by atoms with van der Waals surface area (Å²) >= 11 is 0. The van der Waals surface area contributed by atoms with Crippen LogP contribution in [0.1, 0.15) is 19.3 Å². The van der Waals surface area contributed by atoms with Crippen LogP contribution in [0.5, 0.6) is 0 Å². The molecule has 0 aromatic rings. The first-order valence-corrected chi connectivity index (χ1v) is 4.83. The second-order valence-corrected chi connectivity index (χ2v) is 3.17. The number of rotatable bonds is 3. The van der Waals surface area contributed by atoms with Gasteiger partial charge in [0.05, 0.1) is 6.61 Å². The summed E-state index contributed by atoms with van der Waals surface area (Å²) in [7, 11) is 0. The molecule has 1 rings (SSSR count). The van der Waals surface area contributed by atoms with Gasteiger partial charge in [0.15, 0.2) is 6.29 Å². The molecule has 1 heterocycles. The lowest BCUT2D eigenvalue weighted by Crippen LogP contribution is -2.22. The maximum Gasteiger partial charge on any atom is 0.158 e. The van der Waals surface area contributed by atoms with Crippen LogP contribution in [-0.4, -0.2) is 31.2 Å². The van der Waals surface area contributed by atoms with Crippen molar-refractivity contribution in [2.75, 3.05) is 19.8 Å². The molecule has 78 valence electrons. The van der Waals surface area contributed by atoms with Crippen LogP contribution >= 0.6 is 0 Å². The van der Waals surface area contributed by atoms with E-state index in [-0.39, 0.29) is 12.9 Å². The van der Waals surface area contributed by atoms with Gasteiger partial charge in [-0.15, -0.1) is 0 Å². The van der Waals surface area contributed by atoms with Gasteiger partial charge in [0.2, 0.25) is 0 Å². The molecule has 0 saturated carbocycles. The minimum atomic E-state index is -0.0968. The molecule has 3 nitrogen and oxygen atoms in total. The van der Waals surface area contributed by atoms with E-state index in [1.54, 1.807) is 0 Å². The highest BCUT2D eigenvalue weighted by atomic mass is 16.7. The Bertz CT molecular complexity index is 231. The quantitative estimate of drug-likeness (QED) is 0.686. The van der Waals surface area contributed by atoms with Crippen molar-refractivity contribution < 1.29 is 14.6 Å². The van der Waals surface area contributed by atoms with Crippen LogP contribution in [0.4, 0.5) is 0 Å². The summed E-state index contributed by atoms with van der Waals surface area (Å²) in [6.07, 6.45) is 3.12. The van der Waals surface area contributed by atoms with Crippen molar-refractivity contribution in [1.82, 2.24) is 0 Å². The second-order valence-electron chi connectivity index (χ2n) is 3.17. The van der Waals surface area contributed by atoms with E-state index in [4.69, 9.17) is 14.6 Å². The molecule has 0 amide bonds. The number of hydrogen-bond donors (Lipinski definition) is 1. The van der Waals surface area contributed by atoms with E-state index in [0.29, 0.717) is 12.2 Å². The van der Waals surface area contributed by atoms with Gasteiger partial charge in [0, 0.05) is 12.2 Å². The standard InChI is InChI=1S/C11H16O3/c1-10(9-12)5-4-8-14-11-6-2-3-7-13-11/h11-12H,1-3,6-9H2. The predicted molar refractivity (Wildman–Crippen MR) is 53.5 cm³/mol. The molecule has 0 spiro atoms. The fraction of sp³-hybridized carbons (Fsp3) is 0.636. The van der Waals surface area contributed by atoms with E-state index in [1.165, 1.54) is 0 Å². The van der Waals surface area contributed by atoms with Crippen LogP contribution in [0.15, 0.2) is 12.2 Å². The first-order valence-electron chi connectivity index (χ1n) is 4.83. The van der Waals surface area contributed by atoms with Gasteiger partial charge in [0.25, 0.3) is 0 Å². The van der Waals surface area contributed by atoms with Crippen LogP contribution in [0, 0.1) is 11.8 Å². The van der Waals surface area contributed by atoms with Gasteiger partial charge in [-0.3, -0.25) is 0 Å². The maximum atomic E-state index is 8.62. The molecule has 0 aromatic carbocycles. The minimum Gasteiger partial charge on any atom is -0.391 e. The van der Waals surface area contributed by atoms with Crippen molar-refractivity contribution in [3.8, 4) is 11.8 Å². The lowest BCUT2D eigenvalue weighted by Gasteiger charge is -2.21. The van der Waals surface area contributed by atoms with Crippen LogP contribution in [0.3, 0.4) is 0 Å². The van der Waals surface area contributed by atoms with Gasteiger partial charge in [0.1, 0.15) is 6.61 Å². The summed E-state index contributed by atoms with van der Waals surface area (Å²) in [5.74, 6) is 5.47. The van der Waals surface area contributed by atoms with E-state index in [0.717, 1.165) is 25.9 Å². The number of ether oxygens (including phenoxy) is 2. The molecule has 0 bridgehead atoms. The average Bonchev–Trinajstić information content (AvgIpc) is 2.25. The SMILES string of the molecule is C=C(C#CCOC1CCCCO1)CO. The minimum absolute atomic E-state index is 0.0903. The highest BCUT2D eigenvalue weighted by molar-refractivity contribution is 5.25. The van der Waals surface area contributed by atoms with Crippen molar-refractivity contribution in [3.63, 3.8) is 0 Å². The van der Waals surface area contributed by atoms with Gasteiger partial charge in [-0.2, -0.15) is 0 Å². The maximum absolute atomic E-state index is 8.62. The monoisotopic (exact) mass is 196 g/mol. The molecule has 3 heteroatoms. The summed E-state index contributed by atoms with van der Waals surface area (Å²) in [4.78, 5) is 0. The molecule has 1 unspecified atom stereocenters. The smallest absolute Gasteiger partial charge is 0.158 e. The van der Waals surface area contributed by atoms with Gasteiger partial charge in [-0.25, -0.2) is 0 Å². The molecule has 0 aliphatic carbocycles. The van der Waals surface area contributed by atoms with Gasteiger partial charge >= 0.3 is 0 Å². The van der Waals surface area contributed by atoms with Crippen molar-refractivity contribution >= 4 is 0 Å². The average molecular weight is 196 g/mol. The van der Waals surface area contributed by atoms with Crippen LogP contribution < -0.4 is 0 Å². The Morgan fingerprint density at radius 1 is 1.57 bits per heavy atom. The van der Waals surface area contributed by atoms with Gasteiger partial charge in [-0.1, -0.05) is 18.4 Å². The summed E-state index contributed by atoms with van der Waals surface area (Å²) in [5.41, 5.74) is 0.512. The molecule has 1 aliphatic heterocycles. The number of aliphatic hydroxyl groups is 1. The highest BCUT2D eigenvalue weighted by Gasteiger charge is 2.12. The Balaban J connectivity index is 2.12. The lowest BCUT2D eigenvalue weighted by molar-refractivity contribution is -0.154. The molecule has 1 N–H and O–H groups in total. The Kier molecular flexibility index (Phi) is 5.31. The van der Waals surface area contributed by atoms with Crippen LogP contribution in [0.2, 0.25) is 0 Å². The van der Waals surface area contributed by atoms with E-state index in [1.807, 2.05) is 0 Å². The summed E-state index contributed by atoms with van der Waals surface area (Å²) < 4.78 is 10.7. The third kappa shape index (κ3) is 4.43. The topological polar surface area (TPSA) is 38.7 Å². The summed E-state index contributed by atoms with van der Waals surface area (Å²) in [6.45, 7) is 4.57. The Morgan fingerprint density at radius 3 is 3.07 bits per heavy atom. The fourth-order valence-corrected chi connectivity index (χ4v) is 1.18. The number of aliphatic hydroxyl groups excluding tert-OH is 1. The third-order valence-electron chi connectivity index (χ3n) is 1.94. The molecule has 1 aliphatic rings. The van der Waals surface area contributed by atoms with Crippen molar-refractivity contribution in [1.29, 1.82) is 0 Å². The zero-order valence-corrected chi connectivity index (χ0v) is 8.29. The molecular formula is C11H16O3. The highest BCUT2D eigenvalue weighted by Crippen LogP contribution is 2.12. The largest absolute Gasteiger partial charge is 0.391 e. The van der Waals surface area contributed by atoms with Crippen LogP contribution in [-0.2, 0) is 9.47 Å². The zero-order valence-electron chi connectivity index (χ0n) is 8.29. The Morgan fingerprint density at radius 2 is 2.43 bits per heavy atom. The van der Waals surface area contributed by atoms with Gasteiger partial charge in [-0.05, 0) is 19.3 Å². The van der Waals surface area contributed by atoms with Crippen molar-refractivity contribution in [2.24, 2.45) is 0 Å². The Labute approximate surface area is 84.7 Å². The van der Waals surface area contributed by atoms with Crippen molar-refractivity contribution in [2.45, 2.75) is 25.6 Å². The normalized spacial score (nSPS) is 21.1. The molecule has 1 saturated heterocycles. The molecule has 1 fully saturated rings. The lowest BCUT2D eigenvalue weighted by atomic mass is 10.2. The molecule has 14 heavy (non-hydrogen) atoms. The predicted octanol–water partition coefficient (Wildman–Crippen LogP) is 1.08. The van der Waals surface area contributed by atoms with Crippen LogP contribution in [0.25, 0.3) is 0 Å². The van der Waals surface area contributed by atoms with Crippen molar-refractivity contribution in [3.05, 3.63) is 12.2 Å². The third-order valence-corrected chi connectivity index (χ3v) is 1.94. The van der Waals surface area contributed by atoms with E-state index >= 15 is 0 Å². The summed E-state index contributed by atoms with van der Waals surface area (Å²) in [5, 5.41) is 8.62. The first kappa shape index (κ1) is 11.3.